The molecule has 110 valence electrons. The smallest absolute Gasteiger partial charge is 0.237 e. The van der Waals surface area contributed by atoms with Crippen molar-refractivity contribution >= 4 is 17.7 Å². The molecular formula is C15H28N2OS. The quantitative estimate of drug-likeness (QED) is 0.815. The average Bonchev–Trinajstić information content (AvgIpc) is 2.47. The molecule has 0 aromatic rings. The van der Waals surface area contributed by atoms with Crippen LogP contribution in [0, 0.1) is 5.92 Å². The van der Waals surface area contributed by atoms with Crippen LogP contribution in [0.15, 0.2) is 0 Å². The van der Waals surface area contributed by atoms with Crippen molar-refractivity contribution in [3.63, 3.8) is 0 Å². The SMILES string of the molecule is CC(NCC1CCSCC1)C(=O)NC1CCCCC1. The third-order valence-electron chi connectivity index (χ3n) is 4.40. The fraction of sp³-hybridized carbons (Fsp3) is 0.933. The van der Waals surface area contributed by atoms with Crippen LogP contribution in [0.4, 0.5) is 0 Å². The Morgan fingerprint density at radius 3 is 2.53 bits per heavy atom. The summed E-state index contributed by atoms with van der Waals surface area (Å²) in [7, 11) is 0. The second-order valence-electron chi connectivity index (χ2n) is 6.03. The lowest BCUT2D eigenvalue weighted by atomic mass is 9.95. The Hall–Kier alpha value is -0.220. The molecule has 3 nitrogen and oxygen atoms in total. The highest BCUT2D eigenvalue weighted by Gasteiger charge is 2.20. The molecule has 1 unspecified atom stereocenters. The Morgan fingerprint density at radius 1 is 1.16 bits per heavy atom. The first-order valence-electron chi connectivity index (χ1n) is 7.87. The van der Waals surface area contributed by atoms with Gasteiger partial charge in [-0.15, -0.1) is 0 Å². The second-order valence-corrected chi connectivity index (χ2v) is 7.25. The van der Waals surface area contributed by atoms with Crippen LogP contribution in [0.5, 0.6) is 0 Å². The molecule has 1 saturated carbocycles. The van der Waals surface area contributed by atoms with Crippen LogP contribution in [0.25, 0.3) is 0 Å². The minimum absolute atomic E-state index is 0.0449. The van der Waals surface area contributed by atoms with Crippen LogP contribution < -0.4 is 10.6 Å². The minimum Gasteiger partial charge on any atom is -0.352 e. The van der Waals surface area contributed by atoms with E-state index in [1.807, 2.05) is 6.92 Å². The van der Waals surface area contributed by atoms with Gasteiger partial charge in [-0.05, 0) is 56.6 Å². The molecule has 19 heavy (non-hydrogen) atoms. The van der Waals surface area contributed by atoms with Gasteiger partial charge < -0.3 is 10.6 Å². The maximum absolute atomic E-state index is 12.1. The Balaban J connectivity index is 1.63. The van der Waals surface area contributed by atoms with Crippen molar-refractivity contribution in [2.45, 2.75) is 64.0 Å². The Kier molecular flexibility index (Phi) is 6.51. The monoisotopic (exact) mass is 284 g/mol. The van der Waals surface area contributed by atoms with Gasteiger partial charge in [-0.25, -0.2) is 0 Å². The van der Waals surface area contributed by atoms with Gasteiger partial charge in [0.25, 0.3) is 0 Å². The second kappa shape index (κ2) is 8.15. The maximum Gasteiger partial charge on any atom is 0.237 e. The molecule has 1 atom stereocenters. The van der Waals surface area contributed by atoms with Crippen molar-refractivity contribution in [3.05, 3.63) is 0 Å². The average molecular weight is 284 g/mol. The molecule has 1 heterocycles. The van der Waals surface area contributed by atoms with E-state index in [4.69, 9.17) is 0 Å². The van der Waals surface area contributed by atoms with Gasteiger partial charge in [0.05, 0.1) is 6.04 Å². The zero-order valence-electron chi connectivity index (χ0n) is 12.1. The molecule has 0 aromatic carbocycles. The highest BCUT2D eigenvalue weighted by Crippen LogP contribution is 2.22. The zero-order chi connectivity index (χ0) is 13.5. The highest BCUT2D eigenvalue weighted by atomic mass is 32.2. The van der Waals surface area contributed by atoms with E-state index in [-0.39, 0.29) is 11.9 Å². The van der Waals surface area contributed by atoms with Crippen LogP contribution in [-0.2, 0) is 4.79 Å². The van der Waals surface area contributed by atoms with Gasteiger partial charge in [0.2, 0.25) is 5.91 Å². The molecule has 2 aliphatic rings. The van der Waals surface area contributed by atoms with Gasteiger partial charge in [-0.2, -0.15) is 11.8 Å². The standard InChI is InChI=1S/C15H28N2OS/c1-12(16-11-13-7-9-19-10-8-13)15(18)17-14-5-3-2-4-6-14/h12-14,16H,2-11H2,1H3,(H,17,18). The summed E-state index contributed by atoms with van der Waals surface area (Å²) < 4.78 is 0. The number of carbonyl (C=O) groups is 1. The number of hydrogen-bond acceptors (Lipinski definition) is 3. The fourth-order valence-corrected chi connectivity index (χ4v) is 4.16. The van der Waals surface area contributed by atoms with E-state index in [1.165, 1.54) is 43.6 Å². The van der Waals surface area contributed by atoms with E-state index in [9.17, 15) is 4.79 Å². The topological polar surface area (TPSA) is 41.1 Å². The van der Waals surface area contributed by atoms with Gasteiger partial charge in [-0.3, -0.25) is 4.79 Å². The summed E-state index contributed by atoms with van der Waals surface area (Å²) in [5, 5.41) is 6.62. The molecule has 0 radical (unpaired) electrons. The highest BCUT2D eigenvalue weighted by molar-refractivity contribution is 7.99. The molecule has 1 saturated heterocycles. The lowest BCUT2D eigenvalue weighted by molar-refractivity contribution is -0.123. The first-order chi connectivity index (χ1) is 9.25. The van der Waals surface area contributed by atoms with Crippen LogP contribution in [0.1, 0.15) is 51.9 Å². The number of nitrogens with one attached hydrogen (secondary N) is 2. The molecule has 0 bridgehead atoms. The number of rotatable bonds is 5. The number of carbonyl (C=O) groups excluding carboxylic acids is 1. The van der Waals surface area contributed by atoms with Gasteiger partial charge in [0, 0.05) is 6.04 Å². The minimum atomic E-state index is -0.0449. The van der Waals surface area contributed by atoms with E-state index in [0.29, 0.717) is 6.04 Å². The molecule has 0 aromatic heterocycles. The fourth-order valence-electron chi connectivity index (χ4n) is 2.96. The molecule has 2 fully saturated rings. The Bertz CT molecular complexity index is 273. The first-order valence-corrected chi connectivity index (χ1v) is 9.02. The summed E-state index contributed by atoms with van der Waals surface area (Å²) in [6, 6.07) is 0.382. The first kappa shape index (κ1) is 15.2. The molecular weight excluding hydrogens is 256 g/mol. The summed E-state index contributed by atoms with van der Waals surface area (Å²) in [6.45, 7) is 3.00. The van der Waals surface area contributed by atoms with Gasteiger partial charge in [-0.1, -0.05) is 19.3 Å². The molecule has 2 rings (SSSR count). The van der Waals surface area contributed by atoms with E-state index >= 15 is 0 Å². The maximum atomic E-state index is 12.1. The lowest BCUT2D eigenvalue weighted by Crippen LogP contribution is -2.48. The van der Waals surface area contributed by atoms with Crippen LogP contribution >= 0.6 is 11.8 Å². The number of hydrogen-bond donors (Lipinski definition) is 2. The molecule has 1 aliphatic carbocycles. The molecule has 1 aliphatic heterocycles. The summed E-state index contributed by atoms with van der Waals surface area (Å²) in [5.41, 5.74) is 0. The van der Waals surface area contributed by atoms with Crippen molar-refractivity contribution < 1.29 is 4.79 Å². The molecule has 4 heteroatoms. The van der Waals surface area contributed by atoms with E-state index in [0.717, 1.165) is 25.3 Å². The van der Waals surface area contributed by atoms with E-state index in [2.05, 4.69) is 22.4 Å². The Labute approximate surface area is 121 Å². The normalized spacial score (nSPS) is 24.1. The van der Waals surface area contributed by atoms with Crippen molar-refractivity contribution in [2.75, 3.05) is 18.1 Å². The van der Waals surface area contributed by atoms with E-state index < -0.39 is 0 Å². The van der Waals surface area contributed by atoms with Crippen molar-refractivity contribution in [3.8, 4) is 0 Å². The van der Waals surface area contributed by atoms with Crippen LogP contribution in [0.3, 0.4) is 0 Å². The van der Waals surface area contributed by atoms with Crippen molar-refractivity contribution in [1.82, 2.24) is 10.6 Å². The lowest BCUT2D eigenvalue weighted by Gasteiger charge is -2.26. The predicted octanol–water partition coefficient (Wildman–Crippen LogP) is 2.56. The molecule has 0 spiro atoms. The third kappa shape index (κ3) is 5.35. The molecule has 2 N–H and O–H groups in total. The summed E-state index contributed by atoms with van der Waals surface area (Å²) >= 11 is 2.06. The van der Waals surface area contributed by atoms with Crippen molar-refractivity contribution in [1.29, 1.82) is 0 Å². The summed E-state index contributed by atoms with van der Waals surface area (Å²) in [4.78, 5) is 12.1. The number of amides is 1. The Morgan fingerprint density at radius 2 is 1.84 bits per heavy atom. The summed E-state index contributed by atoms with van der Waals surface area (Å²) in [6.07, 6.45) is 8.80. The van der Waals surface area contributed by atoms with Gasteiger partial charge in [0.1, 0.15) is 0 Å². The zero-order valence-corrected chi connectivity index (χ0v) is 12.9. The van der Waals surface area contributed by atoms with Crippen molar-refractivity contribution in [2.24, 2.45) is 5.92 Å². The van der Waals surface area contributed by atoms with Gasteiger partial charge >= 0.3 is 0 Å². The number of thioether (sulfide) groups is 1. The van der Waals surface area contributed by atoms with E-state index in [1.54, 1.807) is 0 Å². The van der Waals surface area contributed by atoms with Gasteiger partial charge in [0.15, 0.2) is 0 Å². The largest absolute Gasteiger partial charge is 0.352 e. The summed E-state index contributed by atoms with van der Waals surface area (Å²) in [5.74, 6) is 3.53. The third-order valence-corrected chi connectivity index (χ3v) is 5.45. The van der Waals surface area contributed by atoms with Crippen LogP contribution in [-0.4, -0.2) is 36.0 Å². The van der Waals surface area contributed by atoms with Crippen LogP contribution in [0.2, 0.25) is 0 Å². The predicted molar refractivity (Wildman–Crippen MR) is 82.5 cm³/mol. The molecule has 1 amide bonds.